The van der Waals surface area contributed by atoms with Gasteiger partial charge in [0, 0.05) is 26.1 Å². The Morgan fingerprint density at radius 2 is 2.09 bits per heavy atom. The Bertz CT molecular complexity index is 1050. The SMILES string of the molecule is COc1cccc(C[C@H]2CC[C@@H]3CN(CC(=O)NCCc4nc5ccccc5[nH]4)C[C@H]23)c1. The van der Waals surface area contributed by atoms with Crippen molar-refractivity contribution < 1.29 is 9.53 Å². The first-order valence-corrected chi connectivity index (χ1v) is 11.7. The van der Waals surface area contributed by atoms with Crippen LogP contribution in [0.25, 0.3) is 11.0 Å². The number of aromatic amines is 1. The minimum Gasteiger partial charge on any atom is -0.497 e. The second-order valence-electron chi connectivity index (χ2n) is 9.31. The second-order valence-corrected chi connectivity index (χ2v) is 9.31. The van der Waals surface area contributed by atoms with Crippen LogP contribution in [0.2, 0.25) is 0 Å². The summed E-state index contributed by atoms with van der Waals surface area (Å²) in [5.41, 5.74) is 3.37. The van der Waals surface area contributed by atoms with Gasteiger partial charge in [-0.3, -0.25) is 9.69 Å². The van der Waals surface area contributed by atoms with Crippen LogP contribution in [-0.2, 0) is 17.6 Å². The molecule has 32 heavy (non-hydrogen) atoms. The maximum atomic E-state index is 12.5. The summed E-state index contributed by atoms with van der Waals surface area (Å²) in [5, 5.41) is 3.08. The number of nitrogens with one attached hydrogen (secondary N) is 2. The zero-order valence-corrected chi connectivity index (χ0v) is 18.7. The first-order valence-electron chi connectivity index (χ1n) is 11.7. The Morgan fingerprint density at radius 3 is 2.97 bits per heavy atom. The number of carbonyl (C=O) groups excluding carboxylic acids is 1. The van der Waals surface area contributed by atoms with Gasteiger partial charge in [0.05, 0.1) is 24.7 Å². The molecule has 1 saturated heterocycles. The lowest BCUT2D eigenvalue weighted by Gasteiger charge is -2.20. The number of aromatic nitrogens is 2. The number of nitrogens with zero attached hydrogens (tertiary/aromatic N) is 2. The lowest BCUT2D eigenvalue weighted by Crippen LogP contribution is -2.37. The molecule has 0 bridgehead atoms. The normalized spacial score (nSPS) is 22.8. The van der Waals surface area contributed by atoms with E-state index < -0.39 is 0 Å². The van der Waals surface area contributed by atoms with Gasteiger partial charge in [-0.25, -0.2) is 4.98 Å². The molecule has 2 fully saturated rings. The van der Waals surface area contributed by atoms with Crippen LogP contribution < -0.4 is 10.1 Å². The summed E-state index contributed by atoms with van der Waals surface area (Å²) in [7, 11) is 1.72. The van der Waals surface area contributed by atoms with Crippen molar-refractivity contribution in [3.05, 3.63) is 59.9 Å². The van der Waals surface area contributed by atoms with Gasteiger partial charge in [0.25, 0.3) is 0 Å². The highest BCUT2D eigenvalue weighted by Crippen LogP contribution is 2.43. The largest absolute Gasteiger partial charge is 0.497 e. The number of imidazole rings is 1. The second kappa shape index (κ2) is 9.33. The van der Waals surface area contributed by atoms with Crippen molar-refractivity contribution >= 4 is 16.9 Å². The molecule has 168 valence electrons. The summed E-state index contributed by atoms with van der Waals surface area (Å²) in [6.45, 7) is 3.20. The molecule has 1 saturated carbocycles. The van der Waals surface area contributed by atoms with E-state index in [1.54, 1.807) is 7.11 Å². The van der Waals surface area contributed by atoms with Gasteiger partial charge in [-0.05, 0) is 66.8 Å². The molecule has 0 radical (unpaired) electrons. The van der Waals surface area contributed by atoms with Crippen molar-refractivity contribution in [2.75, 3.05) is 33.3 Å². The van der Waals surface area contributed by atoms with Crippen LogP contribution in [0.3, 0.4) is 0 Å². The first-order chi connectivity index (χ1) is 15.7. The Labute approximate surface area is 189 Å². The van der Waals surface area contributed by atoms with Crippen molar-refractivity contribution in [2.24, 2.45) is 17.8 Å². The highest BCUT2D eigenvalue weighted by Gasteiger charge is 2.42. The van der Waals surface area contributed by atoms with Crippen LogP contribution in [-0.4, -0.2) is 54.1 Å². The standard InChI is InChI=1S/C26H32N4O2/c1-32-21-6-4-5-18(14-21)13-19-9-10-20-15-30(16-22(19)20)17-26(31)27-12-11-25-28-23-7-2-3-8-24(23)29-25/h2-8,14,19-20,22H,9-13,15-17H2,1H3,(H,27,31)(H,28,29)/t19-,20-,22-/m1/s1. The van der Waals surface area contributed by atoms with Crippen LogP contribution in [0.15, 0.2) is 48.5 Å². The molecule has 6 heteroatoms. The van der Waals surface area contributed by atoms with E-state index in [2.05, 4.69) is 38.4 Å². The van der Waals surface area contributed by atoms with Gasteiger partial charge in [0.15, 0.2) is 0 Å². The Kier molecular flexibility index (Phi) is 6.12. The van der Waals surface area contributed by atoms with Crippen LogP contribution in [0, 0.1) is 17.8 Å². The number of likely N-dealkylation sites (tertiary alicyclic amines) is 1. The number of fused-ring (bicyclic) bond motifs is 2. The number of ether oxygens (including phenoxy) is 1. The Balaban J connectivity index is 1.08. The lowest BCUT2D eigenvalue weighted by molar-refractivity contribution is -0.122. The predicted octanol–water partition coefficient (Wildman–Crippen LogP) is 3.43. The average Bonchev–Trinajstić information content (AvgIpc) is 3.49. The fourth-order valence-electron chi connectivity index (χ4n) is 5.66. The molecule has 2 aliphatic rings. The van der Waals surface area contributed by atoms with Crippen molar-refractivity contribution in [1.82, 2.24) is 20.2 Å². The van der Waals surface area contributed by atoms with Crippen molar-refractivity contribution in [2.45, 2.75) is 25.7 Å². The molecule has 1 aliphatic heterocycles. The summed E-state index contributed by atoms with van der Waals surface area (Å²) in [6.07, 6.45) is 4.40. The van der Waals surface area contributed by atoms with Gasteiger partial charge in [0.2, 0.25) is 5.91 Å². The van der Waals surface area contributed by atoms with Gasteiger partial charge in [-0.1, -0.05) is 24.3 Å². The van der Waals surface area contributed by atoms with Gasteiger partial charge >= 0.3 is 0 Å². The van der Waals surface area contributed by atoms with E-state index >= 15 is 0 Å². The van der Waals surface area contributed by atoms with E-state index in [0.717, 1.165) is 48.0 Å². The molecule has 0 spiro atoms. The van der Waals surface area contributed by atoms with Crippen LogP contribution in [0.4, 0.5) is 0 Å². The highest BCUT2D eigenvalue weighted by molar-refractivity contribution is 5.78. The summed E-state index contributed by atoms with van der Waals surface area (Å²) in [6, 6.07) is 16.5. The molecular weight excluding hydrogens is 400 g/mol. The number of hydrogen-bond acceptors (Lipinski definition) is 4. The molecule has 2 aromatic carbocycles. The number of hydrogen-bond donors (Lipinski definition) is 2. The van der Waals surface area contributed by atoms with Crippen LogP contribution in [0.1, 0.15) is 24.2 Å². The molecule has 0 unspecified atom stereocenters. The number of rotatable bonds is 8. The maximum absolute atomic E-state index is 12.5. The van der Waals surface area contributed by atoms with Gasteiger partial charge in [-0.15, -0.1) is 0 Å². The number of benzene rings is 2. The topological polar surface area (TPSA) is 70.2 Å². The minimum absolute atomic E-state index is 0.116. The number of carbonyl (C=O) groups is 1. The van der Waals surface area contributed by atoms with Crippen molar-refractivity contribution in [1.29, 1.82) is 0 Å². The predicted molar refractivity (Wildman–Crippen MR) is 126 cm³/mol. The fourth-order valence-corrected chi connectivity index (χ4v) is 5.66. The zero-order valence-electron chi connectivity index (χ0n) is 18.7. The number of H-pyrrole nitrogens is 1. The van der Waals surface area contributed by atoms with Crippen LogP contribution >= 0.6 is 0 Å². The summed E-state index contributed by atoms with van der Waals surface area (Å²) in [5.74, 6) is 4.10. The number of amides is 1. The highest BCUT2D eigenvalue weighted by atomic mass is 16.5. The molecule has 1 amide bonds. The first kappa shape index (κ1) is 21.0. The monoisotopic (exact) mass is 432 g/mol. The minimum atomic E-state index is 0.116. The molecule has 6 nitrogen and oxygen atoms in total. The van der Waals surface area contributed by atoms with E-state index in [-0.39, 0.29) is 5.91 Å². The van der Waals surface area contributed by atoms with Crippen molar-refractivity contribution in [3.8, 4) is 5.75 Å². The lowest BCUT2D eigenvalue weighted by atomic mass is 9.87. The van der Waals surface area contributed by atoms with E-state index in [9.17, 15) is 4.79 Å². The summed E-state index contributed by atoms with van der Waals surface area (Å²) < 4.78 is 5.38. The van der Waals surface area contributed by atoms with Gasteiger partial charge in [-0.2, -0.15) is 0 Å². The maximum Gasteiger partial charge on any atom is 0.234 e. The molecular formula is C26H32N4O2. The third-order valence-corrected chi connectivity index (χ3v) is 7.20. The third kappa shape index (κ3) is 4.65. The molecule has 2 heterocycles. The smallest absolute Gasteiger partial charge is 0.234 e. The summed E-state index contributed by atoms with van der Waals surface area (Å²) in [4.78, 5) is 22.8. The van der Waals surface area contributed by atoms with Crippen molar-refractivity contribution in [3.63, 3.8) is 0 Å². The molecule has 5 rings (SSSR count). The molecule has 2 N–H and O–H groups in total. The number of methoxy groups -OCH3 is 1. The summed E-state index contributed by atoms with van der Waals surface area (Å²) >= 11 is 0. The van der Waals surface area contributed by atoms with E-state index in [0.29, 0.717) is 31.3 Å². The molecule has 1 aromatic heterocycles. The Hall–Kier alpha value is -2.86. The van der Waals surface area contributed by atoms with E-state index in [1.165, 1.54) is 18.4 Å². The number of para-hydroxylation sites is 2. The fraction of sp³-hybridized carbons (Fsp3) is 0.462. The Morgan fingerprint density at radius 1 is 1.19 bits per heavy atom. The van der Waals surface area contributed by atoms with Gasteiger partial charge in [0.1, 0.15) is 11.6 Å². The molecule has 1 aliphatic carbocycles. The third-order valence-electron chi connectivity index (χ3n) is 7.20. The van der Waals surface area contributed by atoms with E-state index in [4.69, 9.17) is 4.74 Å². The van der Waals surface area contributed by atoms with E-state index in [1.807, 2.05) is 30.3 Å². The average molecular weight is 433 g/mol. The molecule has 3 aromatic rings. The zero-order chi connectivity index (χ0) is 21.9. The quantitative estimate of drug-likeness (QED) is 0.572. The molecule has 3 atom stereocenters. The van der Waals surface area contributed by atoms with Gasteiger partial charge < -0.3 is 15.0 Å². The van der Waals surface area contributed by atoms with Crippen LogP contribution in [0.5, 0.6) is 5.75 Å².